The van der Waals surface area contributed by atoms with Gasteiger partial charge in [-0.1, -0.05) is 25.1 Å². The molecule has 1 aliphatic rings. The largest absolute Gasteiger partial charge is 0.497 e. The van der Waals surface area contributed by atoms with Gasteiger partial charge in [0.1, 0.15) is 11.5 Å². The quantitative estimate of drug-likeness (QED) is 0.268. The van der Waals surface area contributed by atoms with Crippen molar-refractivity contribution in [2.24, 2.45) is 5.92 Å². The fourth-order valence-electron chi connectivity index (χ4n) is 5.56. The second-order valence-electron chi connectivity index (χ2n) is 12.4. The molecule has 3 aromatic rings. The van der Waals surface area contributed by atoms with E-state index in [1.807, 2.05) is 32.0 Å². The molecular weight excluding hydrogens is 648 g/mol. The molecule has 0 saturated carbocycles. The van der Waals surface area contributed by atoms with Gasteiger partial charge in [-0.25, -0.2) is 13.2 Å². The number of urea groups is 1. The van der Waals surface area contributed by atoms with E-state index in [2.05, 4.69) is 10.6 Å². The van der Waals surface area contributed by atoms with Gasteiger partial charge in [-0.15, -0.1) is 0 Å². The lowest BCUT2D eigenvalue weighted by Gasteiger charge is -2.35. The van der Waals surface area contributed by atoms with Gasteiger partial charge in [-0.05, 0) is 87.7 Å². The number of hydrogen-bond donors (Lipinski definition) is 3. The minimum atomic E-state index is -3.85. The number of methoxy groups -OCH3 is 1. The standard InChI is InChI=1S/C36H48N4O8S/c1-25-22-40(26(2)24-41)35(42)32-21-29(38-36(43)37-28-12-7-6-8-13-28)14-19-33(32)48-27(3)11-9-10-20-47-34(25)23-39(4)49(44,45)31-17-15-30(46-5)16-18-31/h6-8,12-19,21,25-27,34,41H,9-11,20,22-24H2,1-5H3,(H2,37,38,43)/t25-,26-,27-,34+/m1/s1. The molecule has 3 aromatic carbocycles. The van der Waals surface area contributed by atoms with Gasteiger partial charge in [0.15, 0.2) is 0 Å². The number of likely N-dealkylation sites (N-methyl/N-ethyl adjacent to an activating group) is 1. The number of hydrogen-bond acceptors (Lipinski definition) is 8. The summed E-state index contributed by atoms with van der Waals surface area (Å²) >= 11 is 0. The van der Waals surface area contributed by atoms with E-state index in [-0.39, 0.29) is 42.2 Å². The molecule has 0 aliphatic carbocycles. The van der Waals surface area contributed by atoms with Crippen LogP contribution in [0, 0.1) is 5.92 Å². The van der Waals surface area contributed by atoms with Crippen LogP contribution in [0.5, 0.6) is 11.5 Å². The third-order valence-corrected chi connectivity index (χ3v) is 10.4. The van der Waals surface area contributed by atoms with E-state index in [4.69, 9.17) is 14.2 Å². The summed E-state index contributed by atoms with van der Waals surface area (Å²) < 4.78 is 46.1. The van der Waals surface area contributed by atoms with Crippen LogP contribution in [0.4, 0.5) is 16.2 Å². The Morgan fingerprint density at radius 2 is 1.73 bits per heavy atom. The van der Waals surface area contributed by atoms with Crippen LogP contribution >= 0.6 is 0 Å². The highest BCUT2D eigenvalue weighted by atomic mass is 32.2. The summed E-state index contributed by atoms with van der Waals surface area (Å²) in [6.45, 7) is 5.87. The molecule has 3 amide bonds. The summed E-state index contributed by atoms with van der Waals surface area (Å²) in [5.74, 6) is 0.171. The van der Waals surface area contributed by atoms with Crippen LogP contribution in [0.3, 0.4) is 0 Å². The number of fused-ring (bicyclic) bond motifs is 1. The van der Waals surface area contributed by atoms with Gasteiger partial charge >= 0.3 is 6.03 Å². The van der Waals surface area contributed by atoms with Crippen molar-refractivity contribution in [1.82, 2.24) is 9.21 Å². The molecule has 0 unspecified atom stereocenters. The molecule has 0 fully saturated rings. The number of nitrogens with zero attached hydrogens (tertiary/aromatic N) is 2. The predicted octanol–water partition coefficient (Wildman–Crippen LogP) is 5.46. The lowest BCUT2D eigenvalue weighted by Crippen LogP contribution is -2.48. The number of ether oxygens (including phenoxy) is 3. The fourth-order valence-corrected chi connectivity index (χ4v) is 6.74. The molecule has 12 nitrogen and oxygen atoms in total. The molecule has 0 spiro atoms. The minimum absolute atomic E-state index is 0.0474. The first-order valence-corrected chi connectivity index (χ1v) is 17.9. The van der Waals surface area contributed by atoms with Crippen molar-refractivity contribution in [2.45, 2.75) is 63.2 Å². The minimum Gasteiger partial charge on any atom is -0.497 e. The van der Waals surface area contributed by atoms with E-state index >= 15 is 0 Å². The summed E-state index contributed by atoms with van der Waals surface area (Å²) in [6.07, 6.45) is 1.42. The Balaban J connectivity index is 1.62. The summed E-state index contributed by atoms with van der Waals surface area (Å²) in [6, 6.07) is 19.1. The predicted molar refractivity (Wildman–Crippen MR) is 189 cm³/mol. The van der Waals surface area contributed by atoms with Gasteiger partial charge in [0.25, 0.3) is 5.91 Å². The smallest absolute Gasteiger partial charge is 0.323 e. The number of anilines is 2. The maximum absolute atomic E-state index is 14.4. The van der Waals surface area contributed by atoms with Crippen molar-refractivity contribution >= 4 is 33.3 Å². The van der Waals surface area contributed by atoms with Gasteiger partial charge in [-0.3, -0.25) is 4.79 Å². The van der Waals surface area contributed by atoms with Crippen LogP contribution < -0.4 is 20.1 Å². The highest BCUT2D eigenvalue weighted by molar-refractivity contribution is 7.89. The number of carbonyl (C=O) groups excluding carboxylic acids is 2. The van der Waals surface area contributed by atoms with Crippen LogP contribution in [0.25, 0.3) is 0 Å². The average molecular weight is 697 g/mol. The number of aliphatic hydroxyl groups is 1. The molecule has 266 valence electrons. The molecule has 3 N–H and O–H groups in total. The summed E-state index contributed by atoms with van der Waals surface area (Å²) in [5, 5.41) is 15.8. The highest BCUT2D eigenvalue weighted by Gasteiger charge is 2.32. The van der Waals surface area contributed by atoms with Crippen LogP contribution in [0.15, 0.2) is 77.7 Å². The van der Waals surface area contributed by atoms with E-state index in [0.29, 0.717) is 35.9 Å². The van der Waals surface area contributed by atoms with E-state index in [9.17, 15) is 23.1 Å². The number of benzene rings is 3. The Kier molecular flexibility index (Phi) is 13.4. The first-order chi connectivity index (χ1) is 23.4. The number of aliphatic hydroxyl groups excluding tert-OH is 1. The number of rotatable bonds is 9. The van der Waals surface area contributed by atoms with Gasteiger partial charge < -0.3 is 34.9 Å². The molecule has 1 heterocycles. The topological polar surface area (TPSA) is 147 Å². The van der Waals surface area contributed by atoms with Gasteiger partial charge in [0, 0.05) is 44.0 Å². The van der Waals surface area contributed by atoms with Crippen molar-refractivity contribution in [2.75, 3.05) is 51.1 Å². The van der Waals surface area contributed by atoms with Gasteiger partial charge in [-0.2, -0.15) is 4.31 Å². The van der Waals surface area contributed by atoms with Crippen molar-refractivity contribution in [3.05, 3.63) is 78.4 Å². The summed E-state index contributed by atoms with van der Waals surface area (Å²) in [7, 11) is -0.827. The molecule has 0 radical (unpaired) electrons. The van der Waals surface area contributed by atoms with Crippen molar-refractivity contribution in [3.63, 3.8) is 0 Å². The lowest BCUT2D eigenvalue weighted by molar-refractivity contribution is -0.00834. The normalized spacial score (nSPS) is 20.0. The third-order valence-electron chi connectivity index (χ3n) is 8.55. The third kappa shape index (κ3) is 10.2. The van der Waals surface area contributed by atoms with E-state index in [1.165, 1.54) is 30.6 Å². The Bertz CT molecular complexity index is 1640. The summed E-state index contributed by atoms with van der Waals surface area (Å²) in [5.41, 5.74) is 1.22. The Labute approximate surface area is 289 Å². The second kappa shape index (κ2) is 17.5. The second-order valence-corrected chi connectivity index (χ2v) is 14.5. The fraction of sp³-hybridized carbons (Fsp3) is 0.444. The van der Waals surface area contributed by atoms with E-state index in [1.54, 1.807) is 54.3 Å². The van der Waals surface area contributed by atoms with Crippen LogP contribution in [0.2, 0.25) is 0 Å². The molecule has 13 heteroatoms. The molecule has 0 bridgehead atoms. The molecule has 0 saturated heterocycles. The molecule has 49 heavy (non-hydrogen) atoms. The zero-order valence-electron chi connectivity index (χ0n) is 28.8. The molecular formula is C36H48N4O8S. The van der Waals surface area contributed by atoms with Crippen molar-refractivity contribution in [1.29, 1.82) is 0 Å². The average Bonchev–Trinajstić information content (AvgIpc) is 3.09. The summed E-state index contributed by atoms with van der Waals surface area (Å²) in [4.78, 5) is 28.8. The number of amides is 3. The molecule has 4 atom stereocenters. The molecule has 0 aromatic heterocycles. The zero-order chi connectivity index (χ0) is 35.6. The van der Waals surface area contributed by atoms with Crippen LogP contribution in [0.1, 0.15) is 50.4 Å². The Morgan fingerprint density at radius 3 is 2.41 bits per heavy atom. The van der Waals surface area contributed by atoms with Gasteiger partial charge in [0.2, 0.25) is 10.0 Å². The van der Waals surface area contributed by atoms with Crippen molar-refractivity contribution < 1.29 is 37.3 Å². The van der Waals surface area contributed by atoms with E-state index in [0.717, 1.165) is 12.8 Å². The number of carbonyl (C=O) groups is 2. The van der Waals surface area contributed by atoms with E-state index < -0.39 is 34.1 Å². The number of sulfonamides is 1. The first kappa shape index (κ1) is 37.6. The maximum atomic E-state index is 14.4. The van der Waals surface area contributed by atoms with Crippen LogP contribution in [-0.4, -0.2) is 93.4 Å². The number of para-hydroxylation sites is 1. The van der Waals surface area contributed by atoms with Crippen LogP contribution in [-0.2, 0) is 14.8 Å². The van der Waals surface area contributed by atoms with Crippen molar-refractivity contribution in [3.8, 4) is 11.5 Å². The molecule has 4 rings (SSSR count). The zero-order valence-corrected chi connectivity index (χ0v) is 29.6. The number of nitrogens with one attached hydrogen (secondary N) is 2. The highest BCUT2D eigenvalue weighted by Crippen LogP contribution is 2.29. The maximum Gasteiger partial charge on any atom is 0.323 e. The monoisotopic (exact) mass is 696 g/mol. The Hall–Kier alpha value is -4.17. The Morgan fingerprint density at radius 1 is 1.04 bits per heavy atom. The molecule has 1 aliphatic heterocycles. The van der Waals surface area contributed by atoms with Gasteiger partial charge in [0.05, 0.1) is 42.4 Å². The lowest BCUT2D eigenvalue weighted by atomic mass is 10.0. The SMILES string of the molecule is COc1ccc(S(=O)(=O)N(C)C[C@@H]2OCCCC[C@@H](C)Oc3ccc(NC(=O)Nc4ccccc4)cc3C(=O)N([C@H](C)CO)C[C@H]2C)cc1. The first-order valence-electron chi connectivity index (χ1n) is 16.5.